The number of carbonyl (C=O) groups is 3. The fourth-order valence-corrected chi connectivity index (χ4v) is 5.18. The first kappa shape index (κ1) is 29.8. The van der Waals surface area contributed by atoms with Crippen molar-refractivity contribution in [2.45, 2.75) is 66.2 Å². The maximum Gasteiger partial charge on any atom is 0.348 e. The van der Waals surface area contributed by atoms with Gasteiger partial charge < -0.3 is 14.2 Å². The summed E-state index contributed by atoms with van der Waals surface area (Å²) in [7, 11) is 1.31. The van der Waals surface area contributed by atoms with E-state index >= 15 is 0 Å². The summed E-state index contributed by atoms with van der Waals surface area (Å²) in [6, 6.07) is 3.38. The van der Waals surface area contributed by atoms with Crippen LogP contribution in [-0.4, -0.2) is 46.2 Å². The third kappa shape index (κ3) is 5.65. The first-order chi connectivity index (χ1) is 18.0. The summed E-state index contributed by atoms with van der Waals surface area (Å²) in [6.45, 7) is 10.2. The molecule has 39 heavy (non-hydrogen) atoms. The molecule has 10 nitrogen and oxygen atoms in total. The number of ether oxygens (including phenoxy) is 3. The first-order valence-electron chi connectivity index (χ1n) is 12.1. The van der Waals surface area contributed by atoms with Crippen LogP contribution < -0.4 is 16.0 Å². The van der Waals surface area contributed by atoms with Gasteiger partial charge >= 0.3 is 17.6 Å². The predicted molar refractivity (Wildman–Crippen MR) is 143 cm³/mol. The quantitative estimate of drug-likeness (QED) is 0.300. The van der Waals surface area contributed by atoms with Crippen molar-refractivity contribution in [1.29, 1.82) is 0 Å². The lowest BCUT2D eigenvalue weighted by Gasteiger charge is -2.30. The van der Waals surface area contributed by atoms with Gasteiger partial charge in [-0.25, -0.2) is 23.3 Å². The second-order valence-electron chi connectivity index (χ2n) is 10.3. The van der Waals surface area contributed by atoms with Crippen LogP contribution in [0.2, 0.25) is 0 Å². The predicted octanol–water partition coefficient (Wildman–Crippen LogP) is 3.82. The van der Waals surface area contributed by atoms with E-state index in [9.17, 15) is 28.4 Å². The minimum absolute atomic E-state index is 0.0294. The number of rotatable bonds is 8. The van der Waals surface area contributed by atoms with Crippen LogP contribution in [0.1, 0.15) is 67.1 Å². The lowest BCUT2D eigenvalue weighted by molar-refractivity contribution is -0.164. The highest BCUT2D eigenvalue weighted by Gasteiger charge is 2.39. The van der Waals surface area contributed by atoms with Crippen LogP contribution in [0.5, 0.6) is 5.75 Å². The molecule has 0 radical (unpaired) electrons. The summed E-state index contributed by atoms with van der Waals surface area (Å²) < 4.78 is 31.5. The Hall–Kier alpha value is -3.80. The summed E-state index contributed by atoms with van der Waals surface area (Å²) in [5, 5.41) is -0.0294. The minimum Gasteiger partial charge on any atom is -0.496 e. The zero-order chi connectivity index (χ0) is 29.4. The van der Waals surface area contributed by atoms with Crippen LogP contribution in [0, 0.1) is 12.7 Å². The largest absolute Gasteiger partial charge is 0.496 e. The topological polar surface area (TPSA) is 123 Å². The average Bonchev–Trinajstić information content (AvgIpc) is 3.18. The van der Waals surface area contributed by atoms with E-state index in [0.29, 0.717) is 4.57 Å². The average molecular weight is 563 g/mol. The summed E-state index contributed by atoms with van der Waals surface area (Å²) in [6.07, 6.45) is 0. The standard InChI is InChI=1S/C27H31FN2O8S/c1-9-37-23(33)20-14(2)19-21(32)30(27(6,7)24(34)38-26(3,4)5)25(35)29(22(19)39-20)13-17(31)16-12-15(28)10-11-18(16)36-8/h10-12H,9,13H2,1-8H3. The molecule has 1 aromatic carbocycles. The molecule has 0 aliphatic rings. The Kier molecular flexibility index (Phi) is 8.21. The highest BCUT2D eigenvalue weighted by atomic mass is 32.1. The number of thiophene rings is 1. The lowest BCUT2D eigenvalue weighted by Crippen LogP contribution is -2.54. The number of aromatic nitrogens is 2. The lowest BCUT2D eigenvalue weighted by atomic mass is 10.0. The molecule has 0 atom stereocenters. The van der Waals surface area contributed by atoms with Crippen molar-refractivity contribution in [2.24, 2.45) is 0 Å². The van der Waals surface area contributed by atoms with E-state index in [1.54, 1.807) is 27.7 Å². The van der Waals surface area contributed by atoms with Crippen LogP contribution in [-0.2, 0) is 26.4 Å². The number of ketones is 1. The molecule has 0 bridgehead atoms. The van der Waals surface area contributed by atoms with Gasteiger partial charge in [-0.1, -0.05) is 0 Å². The van der Waals surface area contributed by atoms with E-state index in [0.717, 1.165) is 28.0 Å². The Labute approximate surface area is 227 Å². The van der Waals surface area contributed by atoms with Crippen LogP contribution in [0.15, 0.2) is 27.8 Å². The van der Waals surface area contributed by atoms with E-state index in [1.165, 1.54) is 33.9 Å². The number of halogens is 1. The molecule has 0 spiro atoms. The molecule has 12 heteroatoms. The van der Waals surface area contributed by atoms with Crippen molar-refractivity contribution in [3.8, 4) is 5.75 Å². The van der Waals surface area contributed by atoms with E-state index < -0.39 is 52.5 Å². The number of aryl methyl sites for hydroxylation is 1. The highest BCUT2D eigenvalue weighted by Crippen LogP contribution is 2.30. The van der Waals surface area contributed by atoms with Crippen molar-refractivity contribution < 1.29 is 33.0 Å². The number of Topliss-reactive ketones (excluding diaryl/α,β-unsaturated/α-hetero) is 1. The van der Waals surface area contributed by atoms with Gasteiger partial charge in [0.15, 0.2) is 5.78 Å². The van der Waals surface area contributed by atoms with Crippen LogP contribution in [0.4, 0.5) is 4.39 Å². The van der Waals surface area contributed by atoms with Gasteiger partial charge in [0.1, 0.15) is 32.4 Å². The molecule has 0 amide bonds. The van der Waals surface area contributed by atoms with Crippen molar-refractivity contribution in [1.82, 2.24) is 9.13 Å². The molecule has 0 N–H and O–H groups in total. The smallest absolute Gasteiger partial charge is 0.348 e. The second kappa shape index (κ2) is 10.8. The van der Waals surface area contributed by atoms with Crippen LogP contribution in [0.25, 0.3) is 10.2 Å². The molecule has 0 fully saturated rings. The number of methoxy groups -OCH3 is 1. The summed E-state index contributed by atoms with van der Waals surface area (Å²) in [5.74, 6) is -2.85. The van der Waals surface area contributed by atoms with Gasteiger partial charge in [-0.2, -0.15) is 0 Å². The van der Waals surface area contributed by atoms with Crippen molar-refractivity contribution in [2.75, 3.05) is 13.7 Å². The number of hydrogen-bond donors (Lipinski definition) is 0. The molecular formula is C27H31FN2O8S. The van der Waals surface area contributed by atoms with E-state index in [2.05, 4.69) is 0 Å². The van der Waals surface area contributed by atoms with E-state index in [-0.39, 0.29) is 38.6 Å². The Morgan fingerprint density at radius 3 is 2.28 bits per heavy atom. The minimum atomic E-state index is -1.80. The molecular weight excluding hydrogens is 531 g/mol. The third-order valence-corrected chi connectivity index (χ3v) is 7.19. The van der Waals surface area contributed by atoms with Gasteiger partial charge in [0, 0.05) is 0 Å². The van der Waals surface area contributed by atoms with Crippen molar-refractivity contribution >= 4 is 39.3 Å². The second-order valence-corrected chi connectivity index (χ2v) is 11.3. The normalized spacial score (nSPS) is 11.9. The number of fused-ring (bicyclic) bond motifs is 1. The monoisotopic (exact) mass is 562 g/mol. The van der Waals surface area contributed by atoms with Gasteiger partial charge in [0.25, 0.3) is 5.56 Å². The Bertz CT molecular complexity index is 1590. The maximum absolute atomic E-state index is 14.0. The van der Waals surface area contributed by atoms with Crippen LogP contribution in [0.3, 0.4) is 0 Å². The molecule has 0 saturated heterocycles. The molecule has 0 unspecified atom stereocenters. The summed E-state index contributed by atoms with van der Waals surface area (Å²) >= 11 is 0.816. The van der Waals surface area contributed by atoms with E-state index in [4.69, 9.17) is 14.2 Å². The first-order valence-corrected chi connectivity index (χ1v) is 12.9. The van der Waals surface area contributed by atoms with Gasteiger partial charge in [-0.15, -0.1) is 11.3 Å². The molecule has 0 saturated carbocycles. The molecule has 0 aliphatic heterocycles. The number of benzene rings is 1. The molecule has 3 aromatic rings. The Morgan fingerprint density at radius 1 is 1.08 bits per heavy atom. The van der Waals surface area contributed by atoms with Gasteiger partial charge in [-0.05, 0) is 72.2 Å². The molecule has 3 rings (SSSR count). The Balaban J connectivity index is 2.36. The highest BCUT2D eigenvalue weighted by molar-refractivity contribution is 7.20. The summed E-state index contributed by atoms with van der Waals surface area (Å²) in [4.78, 5) is 66.9. The number of hydrogen-bond acceptors (Lipinski definition) is 9. The van der Waals surface area contributed by atoms with Crippen LogP contribution >= 0.6 is 11.3 Å². The molecule has 2 aromatic heterocycles. The maximum atomic E-state index is 14.0. The van der Waals surface area contributed by atoms with Gasteiger partial charge in [0.2, 0.25) is 0 Å². The fraction of sp³-hybridized carbons (Fsp3) is 0.444. The zero-order valence-corrected chi connectivity index (χ0v) is 23.9. The van der Waals surface area contributed by atoms with Gasteiger partial charge in [0.05, 0.1) is 31.2 Å². The third-order valence-electron chi connectivity index (χ3n) is 5.89. The molecule has 2 heterocycles. The zero-order valence-electron chi connectivity index (χ0n) is 23.1. The Morgan fingerprint density at radius 2 is 1.72 bits per heavy atom. The van der Waals surface area contributed by atoms with E-state index in [1.807, 2.05) is 0 Å². The fourth-order valence-electron chi connectivity index (χ4n) is 3.99. The molecule has 0 aliphatic carbocycles. The summed E-state index contributed by atoms with van der Waals surface area (Å²) in [5.41, 5.74) is -4.42. The SMILES string of the molecule is CCOC(=O)c1sc2c(c1C)c(=O)n(C(C)(C)C(=O)OC(C)(C)C)c(=O)n2CC(=O)c1cc(F)ccc1OC. The number of esters is 2. The van der Waals surface area contributed by atoms with Crippen molar-refractivity contribution in [3.05, 3.63) is 60.9 Å². The molecule has 210 valence electrons. The number of nitrogens with zero attached hydrogens (tertiary/aromatic N) is 2. The number of carbonyl (C=O) groups excluding carboxylic acids is 3. The van der Waals surface area contributed by atoms with Crippen molar-refractivity contribution in [3.63, 3.8) is 0 Å². The van der Waals surface area contributed by atoms with Gasteiger partial charge in [-0.3, -0.25) is 14.2 Å².